The van der Waals surface area contributed by atoms with Crippen molar-refractivity contribution in [2.24, 2.45) is 0 Å². The van der Waals surface area contributed by atoms with Crippen molar-refractivity contribution in [1.82, 2.24) is 14.9 Å². The largest absolute Gasteiger partial charge is 0.333 e. The Morgan fingerprint density at radius 3 is 3.00 bits per heavy atom. The Morgan fingerprint density at radius 1 is 1.47 bits per heavy atom. The van der Waals surface area contributed by atoms with Crippen LogP contribution in [-0.4, -0.2) is 16.1 Å². The Bertz CT molecular complexity index is 598. The first-order chi connectivity index (χ1) is 9.22. The zero-order valence-electron chi connectivity index (χ0n) is 10.7. The van der Waals surface area contributed by atoms with Crippen molar-refractivity contribution >= 4 is 11.6 Å². The average Bonchev–Trinajstić information content (AvgIpc) is 2.86. The lowest BCUT2D eigenvalue weighted by atomic mass is 10.1. The van der Waals surface area contributed by atoms with Crippen molar-refractivity contribution in [3.05, 3.63) is 52.6 Å². The second-order valence-corrected chi connectivity index (χ2v) is 4.64. The summed E-state index contributed by atoms with van der Waals surface area (Å²) in [6, 6.07) is 7.42. The molecule has 1 N–H and O–H groups in total. The van der Waals surface area contributed by atoms with Gasteiger partial charge >= 0.3 is 0 Å². The summed E-state index contributed by atoms with van der Waals surface area (Å²) < 4.78 is 1.99. The van der Waals surface area contributed by atoms with Gasteiger partial charge in [0.2, 0.25) is 0 Å². The summed E-state index contributed by atoms with van der Waals surface area (Å²) in [6.07, 6.45) is 3.79. The van der Waals surface area contributed by atoms with Crippen LogP contribution in [0.2, 0.25) is 5.02 Å². The Hall–Kier alpha value is -1.83. The SMILES string of the molecule is CCNCc1cn(Cc2ccc(C#N)cc2Cl)cn1. The van der Waals surface area contributed by atoms with Crippen molar-refractivity contribution in [3.63, 3.8) is 0 Å². The van der Waals surface area contributed by atoms with E-state index in [9.17, 15) is 0 Å². The van der Waals surface area contributed by atoms with Crippen LogP contribution in [0.5, 0.6) is 0 Å². The van der Waals surface area contributed by atoms with Gasteiger partial charge in [0.15, 0.2) is 0 Å². The highest BCUT2D eigenvalue weighted by atomic mass is 35.5. The van der Waals surface area contributed by atoms with Crippen molar-refractivity contribution in [2.45, 2.75) is 20.0 Å². The van der Waals surface area contributed by atoms with Gasteiger partial charge in [-0.05, 0) is 24.2 Å². The maximum absolute atomic E-state index is 8.80. The van der Waals surface area contributed by atoms with Gasteiger partial charge in [-0.25, -0.2) is 4.98 Å². The van der Waals surface area contributed by atoms with E-state index in [1.165, 1.54) is 0 Å². The molecule has 1 aromatic heterocycles. The zero-order valence-corrected chi connectivity index (χ0v) is 11.5. The Labute approximate surface area is 117 Å². The molecule has 2 aromatic rings. The van der Waals surface area contributed by atoms with Crippen LogP contribution in [0.3, 0.4) is 0 Å². The molecule has 5 heteroatoms. The highest BCUT2D eigenvalue weighted by Gasteiger charge is 2.04. The highest BCUT2D eigenvalue weighted by Crippen LogP contribution is 2.18. The van der Waals surface area contributed by atoms with E-state index in [0.29, 0.717) is 17.1 Å². The number of nitriles is 1. The van der Waals surface area contributed by atoms with E-state index in [1.807, 2.05) is 16.8 Å². The summed E-state index contributed by atoms with van der Waals surface area (Å²) in [7, 11) is 0. The van der Waals surface area contributed by atoms with Crippen molar-refractivity contribution in [1.29, 1.82) is 5.26 Å². The van der Waals surface area contributed by atoms with Crippen molar-refractivity contribution in [2.75, 3.05) is 6.54 Å². The number of nitrogens with zero attached hydrogens (tertiary/aromatic N) is 3. The van der Waals surface area contributed by atoms with E-state index in [1.54, 1.807) is 18.5 Å². The summed E-state index contributed by atoms with van der Waals surface area (Å²) >= 11 is 6.15. The molecule has 0 saturated carbocycles. The number of hydrogen-bond donors (Lipinski definition) is 1. The standard InChI is InChI=1S/C14H15ClN4/c1-2-17-7-13-9-19(10-18-13)8-12-4-3-11(6-16)5-14(12)15/h3-5,9-10,17H,2,7-8H2,1H3. The highest BCUT2D eigenvalue weighted by molar-refractivity contribution is 6.31. The van der Waals surface area contributed by atoms with E-state index in [2.05, 4.69) is 23.3 Å². The molecule has 4 nitrogen and oxygen atoms in total. The fourth-order valence-corrected chi connectivity index (χ4v) is 2.02. The van der Waals surface area contributed by atoms with E-state index in [-0.39, 0.29) is 0 Å². The van der Waals surface area contributed by atoms with E-state index in [0.717, 1.165) is 24.3 Å². The number of hydrogen-bond acceptors (Lipinski definition) is 3. The van der Waals surface area contributed by atoms with Crippen LogP contribution in [0.1, 0.15) is 23.7 Å². The molecule has 0 bridgehead atoms. The van der Waals surface area contributed by atoms with Gasteiger partial charge in [-0.15, -0.1) is 0 Å². The maximum atomic E-state index is 8.80. The molecule has 0 spiro atoms. The number of benzene rings is 1. The second-order valence-electron chi connectivity index (χ2n) is 4.24. The van der Waals surface area contributed by atoms with Gasteiger partial charge in [0.25, 0.3) is 0 Å². The normalized spacial score (nSPS) is 10.4. The average molecular weight is 275 g/mol. The van der Waals surface area contributed by atoms with Crippen LogP contribution in [0.15, 0.2) is 30.7 Å². The van der Waals surface area contributed by atoms with Gasteiger partial charge in [0.05, 0.1) is 23.7 Å². The molecule has 1 heterocycles. The summed E-state index contributed by atoms with van der Waals surface area (Å²) in [5.74, 6) is 0. The molecule has 0 atom stereocenters. The minimum atomic E-state index is 0.576. The monoisotopic (exact) mass is 274 g/mol. The van der Waals surface area contributed by atoms with Gasteiger partial charge in [-0.1, -0.05) is 24.6 Å². The maximum Gasteiger partial charge on any atom is 0.0992 e. The third-order valence-electron chi connectivity index (χ3n) is 2.78. The fourth-order valence-electron chi connectivity index (χ4n) is 1.78. The smallest absolute Gasteiger partial charge is 0.0992 e. The summed E-state index contributed by atoms with van der Waals surface area (Å²) in [5, 5.41) is 12.6. The van der Waals surface area contributed by atoms with Crippen LogP contribution in [0.25, 0.3) is 0 Å². The lowest BCUT2D eigenvalue weighted by Gasteiger charge is -2.05. The molecule has 0 amide bonds. The minimum absolute atomic E-state index is 0.576. The van der Waals surface area contributed by atoms with Gasteiger partial charge < -0.3 is 9.88 Å². The molecule has 0 saturated heterocycles. The third-order valence-corrected chi connectivity index (χ3v) is 3.13. The predicted octanol–water partition coefficient (Wildman–Crippen LogP) is 2.57. The van der Waals surface area contributed by atoms with Crippen molar-refractivity contribution in [3.8, 4) is 6.07 Å². The lowest BCUT2D eigenvalue weighted by Crippen LogP contribution is -2.11. The third kappa shape index (κ3) is 3.57. The predicted molar refractivity (Wildman–Crippen MR) is 74.9 cm³/mol. The fraction of sp³-hybridized carbons (Fsp3) is 0.286. The Kier molecular flexibility index (Phi) is 4.56. The number of halogens is 1. The van der Waals surface area contributed by atoms with Gasteiger partial charge in [-0.3, -0.25) is 0 Å². The second kappa shape index (κ2) is 6.37. The molecule has 2 rings (SSSR count). The number of nitrogens with one attached hydrogen (secondary N) is 1. The Balaban J connectivity index is 2.09. The van der Waals surface area contributed by atoms with Crippen LogP contribution in [0, 0.1) is 11.3 Å². The molecule has 0 radical (unpaired) electrons. The number of aromatic nitrogens is 2. The van der Waals surface area contributed by atoms with Gasteiger partial charge in [0, 0.05) is 24.3 Å². The molecule has 0 aliphatic rings. The van der Waals surface area contributed by atoms with Crippen molar-refractivity contribution < 1.29 is 0 Å². The molecule has 1 aromatic carbocycles. The Morgan fingerprint density at radius 2 is 2.32 bits per heavy atom. The van der Waals surface area contributed by atoms with Gasteiger partial charge in [0.1, 0.15) is 0 Å². The van der Waals surface area contributed by atoms with Crippen LogP contribution < -0.4 is 5.32 Å². The molecule has 0 aliphatic heterocycles. The molecule has 0 fully saturated rings. The van der Waals surface area contributed by atoms with Crippen LogP contribution in [-0.2, 0) is 13.1 Å². The first-order valence-electron chi connectivity index (χ1n) is 6.13. The quantitative estimate of drug-likeness (QED) is 0.912. The van der Waals surface area contributed by atoms with Crippen LogP contribution in [0.4, 0.5) is 0 Å². The molecule has 19 heavy (non-hydrogen) atoms. The molecular weight excluding hydrogens is 260 g/mol. The van der Waals surface area contributed by atoms with Crippen LogP contribution >= 0.6 is 11.6 Å². The molecule has 0 aliphatic carbocycles. The molecular formula is C14H15ClN4. The summed E-state index contributed by atoms with van der Waals surface area (Å²) in [4.78, 5) is 4.32. The topological polar surface area (TPSA) is 53.6 Å². The van der Waals surface area contributed by atoms with Gasteiger partial charge in [-0.2, -0.15) is 5.26 Å². The van der Waals surface area contributed by atoms with E-state index >= 15 is 0 Å². The van der Waals surface area contributed by atoms with E-state index in [4.69, 9.17) is 16.9 Å². The first-order valence-corrected chi connectivity index (χ1v) is 6.50. The number of imidazole rings is 1. The minimum Gasteiger partial charge on any atom is -0.333 e. The number of rotatable bonds is 5. The lowest BCUT2D eigenvalue weighted by molar-refractivity contribution is 0.712. The summed E-state index contributed by atoms with van der Waals surface area (Å²) in [6.45, 7) is 4.41. The molecule has 0 unspecified atom stereocenters. The van der Waals surface area contributed by atoms with E-state index < -0.39 is 0 Å². The zero-order chi connectivity index (χ0) is 13.7. The first kappa shape index (κ1) is 13.6. The molecule has 98 valence electrons. The summed E-state index contributed by atoms with van der Waals surface area (Å²) in [5.41, 5.74) is 2.56.